The molecule has 0 aliphatic rings. The molecule has 3 rings (SSSR count). The maximum absolute atomic E-state index is 5.89. The van der Waals surface area contributed by atoms with Gasteiger partial charge in [-0.3, -0.25) is 0 Å². The number of hydrogen-bond donors (Lipinski definition) is 1. The average molecular weight is 293 g/mol. The average Bonchev–Trinajstić information content (AvgIpc) is 2.90. The number of nitrogens with zero attached hydrogens (tertiary/aromatic N) is 3. The van der Waals surface area contributed by atoms with Gasteiger partial charge in [0.25, 0.3) is 0 Å². The van der Waals surface area contributed by atoms with E-state index < -0.39 is 0 Å². The summed E-state index contributed by atoms with van der Waals surface area (Å²) in [5.41, 5.74) is 7.73. The van der Waals surface area contributed by atoms with Crippen LogP contribution in [0.15, 0.2) is 39.5 Å². The number of rotatable bonds is 2. The largest absolute Gasteiger partial charge is 0.369 e. The fourth-order valence-corrected chi connectivity index (χ4v) is 2.11. The molecule has 0 unspecified atom stereocenters. The van der Waals surface area contributed by atoms with E-state index in [-0.39, 0.29) is 0 Å². The summed E-state index contributed by atoms with van der Waals surface area (Å²) in [6.07, 6.45) is 1.61. The number of anilines is 1. The van der Waals surface area contributed by atoms with Crippen LogP contribution in [0.5, 0.6) is 0 Å². The van der Waals surface area contributed by atoms with Crippen LogP contribution >= 0.6 is 15.9 Å². The monoisotopic (exact) mass is 292 g/mol. The normalized spacial score (nSPS) is 11.1. The van der Waals surface area contributed by atoms with Crippen LogP contribution in [-0.2, 0) is 6.54 Å². The van der Waals surface area contributed by atoms with E-state index in [2.05, 4.69) is 26.1 Å². The SMILES string of the molecule is Nc1nc2ccc(Br)cc2n1Cc1ccno1. The van der Waals surface area contributed by atoms with Crippen LogP contribution in [0.1, 0.15) is 5.76 Å². The highest BCUT2D eigenvalue weighted by Crippen LogP contribution is 2.23. The van der Waals surface area contributed by atoms with Crippen LogP contribution in [0.4, 0.5) is 5.95 Å². The van der Waals surface area contributed by atoms with Crippen LogP contribution in [0.3, 0.4) is 0 Å². The summed E-state index contributed by atoms with van der Waals surface area (Å²) in [7, 11) is 0. The Hall–Kier alpha value is -1.82. The molecule has 0 atom stereocenters. The standard InChI is InChI=1S/C11H9BrN4O/c12-7-1-2-9-10(5-7)16(11(13)15-9)6-8-3-4-14-17-8/h1-5H,6H2,(H2,13,15). The van der Waals surface area contributed by atoms with Crippen molar-refractivity contribution >= 4 is 32.9 Å². The van der Waals surface area contributed by atoms with Crippen LogP contribution < -0.4 is 5.73 Å². The number of halogens is 1. The Balaban J connectivity index is 2.14. The molecule has 0 bridgehead atoms. The van der Waals surface area contributed by atoms with Gasteiger partial charge in [0.2, 0.25) is 5.95 Å². The van der Waals surface area contributed by atoms with E-state index in [0.717, 1.165) is 21.3 Å². The lowest BCUT2D eigenvalue weighted by molar-refractivity contribution is 0.378. The van der Waals surface area contributed by atoms with Gasteiger partial charge < -0.3 is 14.8 Å². The highest BCUT2D eigenvalue weighted by atomic mass is 79.9. The number of fused-ring (bicyclic) bond motifs is 1. The van der Waals surface area contributed by atoms with Crippen molar-refractivity contribution in [1.82, 2.24) is 14.7 Å². The van der Waals surface area contributed by atoms with E-state index in [1.165, 1.54) is 0 Å². The molecule has 0 saturated carbocycles. The molecule has 3 aromatic rings. The van der Waals surface area contributed by atoms with E-state index in [9.17, 15) is 0 Å². The van der Waals surface area contributed by atoms with Crippen molar-refractivity contribution in [3.05, 3.63) is 40.7 Å². The second kappa shape index (κ2) is 3.89. The van der Waals surface area contributed by atoms with E-state index in [1.807, 2.05) is 28.8 Å². The van der Waals surface area contributed by atoms with Gasteiger partial charge in [0, 0.05) is 10.5 Å². The Bertz CT molecular complexity index is 659. The van der Waals surface area contributed by atoms with Gasteiger partial charge in [-0.2, -0.15) is 0 Å². The Morgan fingerprint density at radius 1 is 1.35 bits per heavy atom. The van der Waals surface area contributed by atoms with Crippen molar-refractivity contribution in [2.24, 2.45) is 0 Å². The summed E-state index contributed by atoms with van der Waals surface area (Å²) in [6, 6.07) is 7.65. The lowest BCUT2D eigenvalue weighted by Gasteiger charge is -2.03. The van der Waals surface area contributed by atoms with Crippen LogP contribution in [0.25, 0.3) is 11.0 Å². The summed E-state index contributed by atoms with van der Waals surface area (Å²) in [5.74, 6) is 1.21. The molecule has 86 valence electrons. The van der Waals surface area contributed by atoms with Gasteiger partial charge in [0.15, 0.2) is 5.76 Å². The van der Waals surface area contributed by atoms with Crippen molar-refractivity contribution < 1.29 is 4.52 Å². The summed E-state index contributed by atoms with van der Waals surface area (Å²) >= 11 is 3.44. The number of benzene rings is 1. The van der Waals surface area contributed by atoms with Gasteiger partial charge in [-0.1, -0.05) is 21.1 Å². The van der Waals surface area contributed by atoms with Crippen molar-refractivity contribution in [3.63, 3.8) is 0 Å². The second-order valence-corrected chi connectivity index (χ2v) is 4.58. The van der Waals surface area contributed by atoms with Gasteiger partial charge in [0.05, 0.1) is 23.8 Å². The zero-order valence-electron chi connectivity index (χ0n) is 8.80. The second-order valence-electron chi connectivity index (χ2n) is 3.67. The van der Waals surface area contributed by atoms with Gasteiger partial charge >= 0.3 is 0 Å². The Kier molecular flexibility index (Phi) is 2.36. The number of hydrogen-bond acceptors (Lipinski definition) is 4. The van der Waals surface area contributed by atoms with E-state index in [4.69, 9.17) is 10.3 Å². The van der Waals surface area contributed by atoms with E-state index >= 15 is 0 Å². The maximum Gasteiger partial charge on any atom is 0.201 e. The van der Waals surface area contributed by atoms with Crippen molar-refractivity contribution in [1.29, 1.82) is 0 Å². The first-order chi connectivity index (χ1) is 8.24. The number of nitrogen functional groups attached to an aromatic ring is 1. The third-order valence-electron chi connectivity index (χ3n) is 2.55. The Morgan fingerprint density at radius 2 is 2.24 bits per heavy atom. The first kappa shape index (κ1) is 10.3. The summed E-state index contributed by atoms with van der Waals surface area (Å²) < 4.78 is 7.95. The molecule has 0 aliphatic heterocycles. The van der Waals surface area contributed by atoms with E-state index in [0.29, 0.717) is 12.5 Å². The molecule has 2 N–H and O–H groups in total. The van der Waals surface area contributed by atoms with Gasteiger partial charge in [-0.15, -0.1) is 0 Å². The fourth-order valence-electron chi connectivity index (χ4n) is 1.76. The Morgan fingerprint density at radius 3 is 3.00 bits per heavy atom. The molecule has 0 amide bonds. The third kappa shape index (κ3) is 1.80. The molecule has 2 aromatic heterocycles. The molecule has 0 fully saturated rings. The van der Waals surface area contributed by atoms with Crippen molar-refractivity contribution in [2.75, 3.05) is 5.73 Å². The summed E-state index contributed by atoms with van der Waals surface area (Å²) in [5, 5.41) is 3.67. The minimum absolute atomic E-state index is 0.467. The molecule has 0 spiro atoms. The predicted molar refractivity (Wildman–Crippen MR) is 67.5 cm³/mol. The maximum atomic E-state index is 5.89. The molecule has 5 nitrogen and oxygen atoms in total. The topological polar surface area (TPSA) is 69.9 Å². The van der Waals surface area contributed by atoms with Crippen LogP contribution in [0, 0.1) is 0 Å². The van der Waals surface area contributed by atoms with Crippen molar-refractivity contribution in [2.45, 2.75) is 6.54 Å². The Labute approximate surface area is 105 Å². The predicted octanol–water partition coefficient (Wildman–Crippen LogP) is 2.42. The highest BCUT2D eigenvalue weighted by Gasteiger charge is 2.10. The highest BCUT2D eigenvalue weighted by molar-refractivity contribution is 9.10. The minimum Gasteiger partial charge on any atom is -0.369 e. The van der Waals surface area contributed by atoms with Gasteiger partial charge in [0.1, 0.15) is 0 Å². The molecular formula is C11H9BrN4O. The summed E-state index contributed by atoms with van der Waals surface area (Å²) in [6.45, 7) is 0.527. The fraction of sp³-hybridized carbons (Fsp3) is 0.0909. The molecule has 0 saturated heterocycles. The number of imidazole rings is 1. The molecule has 17 heavy (non-hydrogen) atoms. The van der Waals surface area contributed by atoms with E-state index in [1.54, 1.807) is 6.20 Å². The molecule has 6 heteroatoms. The molecule has 2 heterocycles. The first-order valence-electron chi connectivity index (χ1n) is 5.05. The molecular weight excluding hydrogens is 284 g/mol. The van der Waals surface area contributed by atoms with Gasteiger partial charge in [-0.05, 0) is 18.2 Å². The number of aromatic nitrogens is 3. The molecule has 1 aromatic carbocycles. The minimum atomic E-state index is 0.467. The van der Waals surface area contributed by atoms with Crippen LogP contribution in [0.2, 0.25) is 0 Å². The quantitative estimate of drug-likeness (QED) is 0.787. The lowest BCUT2D eigenvalue weighted by atomic mass is 10.3. The molecule has 0 aliphatic carbocycles. The van der Waals surface area contributed by atoms with Crippen LogP contribution in [-0.4, -0.2) is 14.7 Å². The lowest BCUT2D eigenvalue weighted by Crippen LogP contribution is -2.03. The van der Waals surface area contributed by atoms with Gasteiger partial charge in [-0.25, -0.2) is 4.98 Å². The third-order valence-corrected chi connectivity index (χ3v) is 3.04. The summed E-state index contributed by atoms with van der Waals surface area (Å²) in [4.78, 5) is 4.29. The van der Waals surface area contributed by atoms with Crippen molar-refractivity contribution in [3.8, 4) is 0 Å². The first-order valence-corrected chi connectivity index (χ1v) is 5.84. The zero-order chi connectivity index (χ0) is 11.8. The molecule has 0 radical (unpaired) electrons. The zero-order valence-corrected chi connectivity index (χ0v) is 10.4. The number of nitrogens with two attached hydrogens (primary N) is 1. The smallest absolute Gasteiger partial charge is 0.201 e.